The van der Waals surface area contributed by atoms with Gasteiger partial charge in [0.15, 0.2) is 0 Å². The number of aliphatic hydroxyl groups is 1. The fraction of sp³-hybridized carbons (Fsp3) is 0.355. The van der Waals surface area contributed by atoms with Crippen molar-refractivity contribution in [2.75, 3.05) is 13.2 Å². The molecule has 0 heterocycles. The standard InChI is InChI=1S/C31H39N3O7/c1-4-12-25(18-28(36)32-22(3)19-35)29(37)33-27(24-16-10-7-11-17-24)21-40-30(38)26(13-5-2)34-31(39)41-20-23-14-8-6-9-15-23/h4-11,14-17,22,25-27,35H,1-2,12-13,18-21H2,3H3,(H,32,36)(H,33,37)(H,34,39)/t22-,25-,26+,27+/m0/s1. The van der Waals surface area contributed by atoms with Crippen molar-refractivity contribution in [3.63, 3.8) is 0 Å². The normalized spacial score (nSPS) is 13.4. The first-order chi connectivity index (χ1) is 19.8. The van der Waals surface area contributed by atoms with Gasteiger partial charge in [-0.15, -0.1) is 13.2 Å². The van der Waals surface area contributed by atoms with E-state index < -0.39 is 42.0 Å². The summed E-state index contributed by atoms with van der Waals surface area (Å²) in [6.45, 7) is 8.56. The maximum absolute atomic E-state index is 13.2. The molecule has 0 saturated carbocycles. The summed E-state index contributed by atoms with van der Waals surface area (Å²) in [6, 6.07) is 15.8. The van der Waals surface area contributed by atoms with Gasteiger partial charge in [0.1, 0.15) is 19.3 Å². The molecule has 41 heavy (non-hydrogen) atoms. The Labute approximate surface area is 240 Å². The van der Waals surface area contributed by atoms with Crippen LogP contribution in [0.2, 0.25) is 0 Å². The molecule has 4 N–H and O–H groups in total. The van der Waals surface area contributed by atoms with Crippen molar-refractivity contribution in [3.05, 3.63) is 97.1 Å². The largest absolute Gasteiger partial charge is 0.462 e. The van der Waals surface area contributed by atoms with E-state index in [1.54, 1.807) is 37.3 Å². The average molecular weight is 566 g/mol. The number of ether oxygens (including phenoxy) is 2. The Kier molecular flexibility index (Phi) is 14.4. The molecule has 0 unspecified atom stereocenters. The Morgan fingerprint density at radius 3 is 2.12 bits per heavy atom. The second kappa shape index (κ2) is 18.0. The first kappa shape index (κ1) is 32.8. The van der Waals surface area contributed by atoms with E-state index in [1.807, 2.05) is 36.4 Å². The number of aliphatic hydroxyl groups excluding tert-OH is 1. The third kappa shape index (κ3) is 12.1. The van der Waals surface area contributed by atoms with Gasteiger partial charge in [-0.05, 0) is 30.9 Å². The van der Waals surface area contributed by atoms with Crippen LogP contribution < -0.4 is 16.0 Å². The van der Waals surface area contributed by atoms with E-state index in [1.165, 1.54) is 6.08 Å². The van der Waals surface area contributed by atoms with Gasteiger partial charge in [0.05, 0.1) is 18.6 Å². The average Bonchev–Trinajstić information content (AvgIpc) is 2.98. The summed E-state index contributed by atoms with van der Waals surface area (Å²) in [5.74, 6) is -2.26. The van der Waals surface area contributed by atoms with E-state index in [-0.39, 0.29) is 45.0 Å². The molecule has 2 aromatic carbocycles. The molecule has 0 fully saturated rings. The minimum Gasteiger partial charge on any atom is -0.462 e. The fourth-order valence-electron chi connectivity index (χ4n) is 3.84. The van der Waals surface area contributed by atoms with Crippen LogP contribution in [0.25, 0.3) is 0 Å². The molecule has 0 spiro atoms. The smallest absolute Gasteiger partial charge is 0.408 e. The predicted molar refractivity (Wildman–Crippen MR) is 154 cm³/mol. The quantitative estimate of drug-likeness (QED) is 0.170. The van der Waals surface area contributed by atoms with E-state index in [2.05, 4.69) is 29.1 Å². The number of hydrogen-bond donors (Lipinski definition) is 4. The molecular formula is C31H39N3O7. The van der Waals surface area contributed by atoms with E-state index in [0.29, 0.717) is 5.56 Å². The molecule has 2 aromatic rings. The summed E-state index contributed by atoms with van der Waals surface area (Å²) in [6.07, 6.45) is 2.47. The van der Waals surface area contributed by atoms with E-state index in [9.17, 15) is 24.3 Å². The minimum atomic E-state index is -1.05. The first-order valence-corrected chi connectivity index (χ1v) is 13.4. The topological polar surface area (TPSA) is 143 Å². The van der Waals surface area contributed by atoms with Crippen LogP contribution in [0.1, 0.15) is 43.4 Å². The molecule has 220 valence electrons. The van der Waals surface area contributed by atoms with Gasteiger partial charge < -0.3 is 30.5 Å². The van der Waals surface area contributed by atoms with Crippen LogP contribution >= 0.6 is 0 Å². The van der Waals surface area contributed by atoms with Crippen LogP contribution in [0.15, 0.2) is 86.0 Å². The number of amides is 3. The Morgan fingerprint density at radius 1 is 0.878 bits per heavy atom. The molecular weight excluding hydrogens is 526 g/mol. The second-order valence-corrected chi connectivity index (χ2v) is 9.46. The van der Waals surface area contributed by atoms with Gasteiger partial charge in [-0.1, -0.05) is 72.8 Å². The first-order valence-electron chi connectivity index (χ1n) is 13.4. The molecule has 0 aliphatic heterocycles. The SMILES string of the molecule is C=CC[C@@H](CC(=O)N[C@@H](C)CO)C(=O)N[C@H](COC(=O)[C@@H](CC=C)NC(=O)OCc1ccccc1)c1ccccc1. The Hall–Kier alpha value is -4.44. The number of rotatable bonds is 17. The number of benzene rings is 2. The second-order valence-electron chi connectivity index (χ2n) is 9.46. The third-order valence-corrected chi connectivity index (χ3v) is 6.04. The molecule has 0 bridgehead atoms. The molecule has 0 aliphatic rings. The number of nitrogens with one attached hydrogen (secondary N) is 3. The van der Waals surface area contributed by atoms with Crippen molar-refractivity contribution < 1.29 is 33.8 Å². The number of carbonyl (C=O) groups excluding carboxylic acids is 4. The van der Waals surface area contributed by atoms with Gasteiger partial charge in [0.2, 0.25) is 11.8 Å². The Balaban J connectivity index is 2.05. The lowest BCUT2D eigenvalue weighted by molar-refractivity contribution is -0.147. The molecule has 2 rings (SSSR count). The summed E-state index contributed by atoms with van der Waals surface area (Å²) in [7, 11) is 0. The van der Waals surface area contributed by atoms with Gasteiger partial charge in [0, 0.05) is 12.5 Å². The van der Waals surface area contributed by atoms with Crippen molar-refractivity contribution in [3.8, 4) is 0 Å². The van der Waals surface area contributed by atoms with Crippen molar-refractivity contribution in [2.24, 2.45) is 5.92 Å². The van der Waals surface area contributed by atoms with Crippen LogP contribution in [-0.4, -0.2) is 54.3 Å². The van der Waals surface area contributed by atoms with Crippen LogP contribution in [0, 0.1) is 5.92 Å². The fourth-order valence-corrected chi connectivity index (χ4v) is 3.84. The molecule has 0 aromatic heterocycles. The molecule has 10 heteroatoms. The molecule has 4 atom stereocenters. The van der Waals surface area contributed by atoms with E-state index in [0.717, 1.165) is 5.56 Å². The van der Waals surface area contributed by atoms with Gasteiger partial charge in [-0.3, -0.25) is 9.59 Å². The lowest BCUT2D eigenvalue weighted by Gasteiger charge is -2.24. The van der Waals surface area contributed by atoms with Gasteiger partial charge in [-0.2, -0.15) is 0 Å². The maximum Gasteiger partial charge on any atom is 0.408 e. The van der Waals surface area contributed by atoms with Crippen LogP contribution in [0.3, 0.4) is 0 Å². The number of alkyl carbamates (subject to hydrolysis) is 1. The number of carbonyl (C=O) groups is 4. The summed E-state index contributed by atoms with van der Waals surface area (Å²) in [5, 5.41) is 17.2. The van der Waals surface area contributed by atoms with Crippen LogP contribution in [0.4, 0.5) is 4.79 Å². The van der Waals surface area contributed by atoms with Crippen molar-refractivity contribution in [1.82, 2.24) is 16.0 Å². The van der Waals surface area contributed by atoms with E-state index in [4.69, 9.17) is 9.47 Å². The lowest BCUT2D eigenvalue weighted by Crippen LogP contribution is -2.43. The van der Waals surface area contributed by atoms with Crippen LogP contribution in [0.5, 0.6) is 0 Å². The summed E-state index contributed by atoms with van der Waals surface area (Å²) in [5.41, 5.74) is 1.47. The number of hydrogen-bond acceptors (Lipinski definition) is 7. The summed E-state index contributed by atoms with van der Waals surface area (Å²) >= 11 is 0. The van der Waals surface area contributed by atoms with Crippen LogP contribution in [-0.2, 0) is 30.5 Å². The lowest BCUT2D eigenvalue weighted by atomic mass is 9.98. The van der Waals surface area contributed by atoms with Gasteiger partial charge in [0.25, 0.3) is 0 Å². The highest BCUT2D eigenvalue weighted by Crippen LogP contribution is 2.18. The molecule has 0 radical (unpaired) electrons. The highest BCUT2D eigenvalue weighted by Gasteiger charge is 2.27. The summed E-state index contributed by atoms with van der Waals surface area (Å²) < 4.78 is 10.7. The number of allylic oxidation sites excluding steroid dienone is 1. The van der Waals surface area contributed by atoms with Crippen molar-refractivity contribution in [1.29, 1.82) is 0 Å². The predicted octanol–water partition coefficient (Wildman–Crippen LogP) is 3.34. The molecule has 10 nitrogen and oxygen atoms in total. The molecule has 0 aliphatic carbocycles. The zero-order valence-corrected chi connectivity index (χ0v) is 23.3. The monoisotopic (exact) mass is 565 g/mol. The summed E-state index contributed by atoms with van der Waals surface area (Å²) in [4.78, 5) is 50.8. The highest BCUT2D eigenvalue weighted by molar-refractivity contribution is 5.86. The van der Waals surface area contributed by atoms with Gasteiger partial charge in [-0.25, -0.2) is 9.59 Å². The van der Waals surface area contributed by atoms with Gasteiger partial charge >= 0.3 is 12.1 Å². The number of esters is 1. The third-order valence-electron chi connectivity index (χ3n) is 6.04. The van der Waals surface area contributed by atoms with E-state index >= 15 is 0 Å². The Bertz CT molecular complexity index is 1140. The zero-order valence-electron chi connectivity index (χ0n) is 23.3. The minimum absolute atomic E-state index is 0.0352. The maximum atomic E-state index is 13.2. The Morgan fingerprint density at radius 2 is 1.51 bits per heavy atom. The van der Waals surface area contributed by atoms with Crippen molar-refractivity contribution in [2.45, 2.75) is 50.9 Å². The highest BCUT2D eigenvalue weighted by atomic mass is 16.6. The molecule has 0 saturated heterocycles. The zero-order chi connectivity index (χ0) is 30.0. The van der Waals surface area contributed by atoms with Crippen molar-refractivity contribution >= 4 is 23.9 Å². The molecule has 3 amide bonds.